The Hall–Kier alpha value is -2.09. The topological polar surface area (TPSA) is 60.2 Å². The van der Waals surface area contributed by atoms with Crippen molar-refractivity contribution in [2.45, 2.75) is 40.3 Å². The van der Waals surface area contributed by atoms with Crippen molar-refractivity contribution in [3.63, 3.8) is 0 Å². The number of rotatable bonds is 5. The fourth-order valence-corrected chi connectivity index (χ4v) is 1.61. The van der Waals surface area contributed by atoms with E-state index in [4.69, 9.17) is 5.26 Å². The predicted octanol–water partition coefficient (Wildman–Crippen LogP) is 2.80. The molecule has 0 spiro atoms. The number of hydrogen-bond acceptors (Lipinski definition) is 2. The van der Waals surface area contributed by atoms with Gasteiger partial charge in [-0.15, -0.1) is 0 Å². The lowest BCUT2D eigenvalue weighted by molar-refractivity contribution is 0.481. The lowest BCUT2D eigenvalue weighted by atomic mass is 10.1. The molecule has 0 aliphatic rings. The van der Waals surface area contributed by atoms with Gasteiger partial charge in [0.15, 0.2) is 5.96 Å². The third-order valence-electron chi connectivity index (χ3n) is 3.30. The molecule has 1 rings (SSSR count). The van der Waals surface area contributed by atoms with E-state index in [1.54, 1.807) is 12.1 Å². The fourth-order valence-electron chi connectivity index (χ4n) is 1.61. The number of nitrogens with one attached hydrogen (secondary N) is 2. The number of nitrogens with zero attached hydrogens (tertiary/aromatic N) is 2. The van der Waals surface area contributed by atoms with E-state index in [0.29, 0.717) is 23.0 Å². The van der Waals surface area contributed by atoms with Crippen LogP contribution in [0.2, 0.25) is 0 Å². The Balaban J connectivity index is 2.80. The van der Waals surface area contributed by atoms with E-state index in [2.05, 4.69) is 36.4 Å². The highest BCUT2D eigenvalue weighted by atomic mass is 19.1. The molecule has 0 fully saturated rings. The highest BCUT2D eigenvalue weighted by molar-refractivity contribution is 5.80. The molecular formula is C16H23FN4. The summed E-state index contributed by atoms with van der Waals surface area (Å²) in [5.74, 6) is 0.744. The summed E-state index contributed by atoms with van der Waals surface area (Å²) in [6, 6.07) is 6.63. The first-order valence-corrected chi connectivity index (χ1v) is 7.21. The average molecular weight is 290 g/mol. The van der Waals surface area contributed by atoms with Gasteiger partial charge in [-0.1, -0.05) is 19.9 Å². The molecule has 0 radical (unpaired) electrons. The van der Waals surface area contributed by atoms with Crippen LogP contribution in [0.25, 0.3) is 0 Å². The molecule has 21 heavy (non-hydrogen) atoms. The van der Waals surface area contributed by atoms with Crippen LogP contribution in [0.3, 0.4) is 0 Å². The smallest absolute Gasteiger partial charge is 0.191 e. The van der Waals surface area contributed by atoms with Gasteiger partial charge in [0, 0.05) is 18.2 Å². The monoisotopic (exact) mass is 290 g/mol. The van der Waals surface area contributed by atoms with Gasteiger partial charge in [-0.05, 0) is 31.9 Å². The summed E-state index contributed by atoms with van der Waals surface area (Å²) in [6.07, 6.45) is 0. The van der Waals surface area contributed by atoms with Crippen LogP contribution in [0.4, 0.5) is 4.39 Å². The summed E-state index contributed by atoms with van der Waals surface area (Å²) >= 11 is 0. The minimum atomic E-state index is -0.398. The third-order valence-corrected chi connectivity index (χ3v) is 3.30. The standard InChI is InChI=1S/C16H23FN4/c1-5-19-16(21-12(4)11(2)3)20-10-14-7-6-13(9-18)8-15(14)17/h6-8,11-12H,5,10H2,1-4H3,(H2,19,20,21). The number of guanidine groups is 1. The van der Waals surface area contributed by atoms with E-state index in [0.717, 1.165) is 6.54 Å². The maximum Gasteiger partial charge on any atom is 0.191 e. The van der Waals surface area contributed by atoms with Gasteiger partial charge >= 0.3 is 0 Å². The molecule has 0 aliphatic carbocycles. The first kappa shape index (κ1) is 17.0. The highest BCUT2D eigenvalue weighted by Gasteiger charge is 2.09. The second-order valence-electron chi connectivity index (χ2n) is 5.29. The van der Waals surface area contributed by atoms with Crippen LogP contribution in [0.15, 0.2) is 23.2 Å². The first-order chi connectivity index (χ1) is 9.97. The van der Waals surface area contributed by atoms with Crippen molar-refractivity contribution in [2.75, 3.05) is 6.54 Å². The molecule has 1 aromatic carbocycles. The van der Waals surface area contributed by atoms with E-state index >= 15 is 0 Å². The van der Waals surface area contributed by atoms with Gasteiger partial charge in [-0.2, -0.15) is 5.26 Å². The molecule has 1 aromatic rings. The van der Waals surface area contributed by atoms with Crippen LogP contribution in [-0.4, -0.2) is 18.5 Å². The third kappa shape index (κ3) is 5.42. The summed E-state index contributed by atoms with van der Waals surface area (Å²) in [5.41, 5.74) is 0.794. The van der Waals surface area contributed by atoms with Crippen molar-refractivity contribution < 1.29 is 4.39 Å². The lowest BCUT2D eigenvalue weighted by Crippen LogP contribution is -2.44. The van der Waals surface area contributed by atoms with Gasteiger partial charge < -0.3 is 10.6 Å². The van der Waals surface area contributed by atoms with E-state index in [-0.39, 0.29) is 12.6 Å². The Morgan fingerprint density at radius 3 is 2.62 bits per heavy atom. The molecule has 4 nitrogen and oxygen atoms in total. The fraction of sp³-hybridized carbons (Fsp3) is 0.500. The van der Waals surface area contributed by atoms with Gasteiger partial charge in [0.2, 0.25) is 0 Å². The van der Waals surface area contributed by atoms with Crippen LogP contribution in [0.5, 0.6) is 0 Å². The van der Waals surface area contributed by atoms with E-state index in [9.17, 15) is 4.39 Å². The number of halogens is 1. The Morgan fingerprint density at radius 1 is 1.38 bits per heavy atom. The molecule has 1 atom stereocenters. The first-order valence-electron chi connectivity index (χ1n) is 7.21. The molecular weight excluding hydrogens is 267 g/mol. The molecule has 1 unspecified atom stereocenters. The molecule has 0 bridgehead atoms. The van der Waals surface area contributed by atoms with Crippen molar-refractivity contribution in [1.82, 2.24) is 10.6 Å². The van der Waals surface area contributed by atoms with Gasteiger partial charge in [0.05, 0.1) is 18.2 Å². The Labute approximate surface area is 126 Å². The lowest BCUT2D eigenvalue weighted by Gasteiger charge is -2.20. The molecule has 0 heterocycles. The maximum absolute atomic E-state index is 13.8. The number of aliphatic imine (C=N–C) groups is 1. The summed E-state index contributed by atoms with van der Waals surface area (Å²) < 4.78 is 13.8. The zero-order chi connectivity index (χ0) is 15.8. The number of hydrogen-bond donors (Lipinski definition) is 2. The van der Waals surface area contributed by atoms with Gasteiger partial charge in [0.1, 0.15) is 5.82 Å². The quantitative estimate of drug-likeness (QED) is 0.647. The largest absolute Gasteiger partial charge is 0.357 e. The van der Waals surface area contributed by atoms with Crippen LogP contribution in [0, 0.1) is 23.1 Å². The molecule has 0 saturated carbocycles. The number of nitriles is 1. The van der Waals surface area contributed by atoms with E-state index in [1.807, 2.05) is 13.0 Å². The zero-order valence-corrected chi connectivity index (χ0v) is 13.1. The zero-order valence-electron chi connectivity index (χ0n) is 13.1. The van der Waals surface area contributed by atoms with Gasteiger partial charge in [0.25, 0.3) is 0 Å². The van der Waals surface area contributed by atoms with Gasteiger partial charge in [-0.25, -0.2) is 9.38 Å². The highest BCUT2D eigenvalue weighted by Crippen LogP contribution is 2.11. The molecule has 2 N–H and O–H groups in total. The minimum Gasteiger partial charge on any atom is -0.357 e. The Morgan fingerprint density at radius 2 is 2.10 bits per heavy atom. The minimum absolute atomic E-state index is 0.234. The second-order valence-corrected chi connectivity index (χ2v) is 5.29. The van der Waals surface area contributed by atoms with Crippen molar-refractivity contribution in [2.24, 2.45) is 10.9 Å². The Bertz CT molecular complexity index is 532. The predicted molar refractivity (Wildman–Crippen MR) is 83.4 cm³/mol. The van der Waals surface area contributed by atoms with E-state index in [1.165, 1.54) is 6.07 Å². The number of benzene rings is 1. The second kappa shape index (κ2) is 8.25. The average Bonchev–Trinajstić information content (AvgIpc) is 2.45. The van der Waals surface area contributed by atoms with Crippen molar-refractivity contribution in [1.29, 1.82) is 5.26 Å². The molecule has 0 aromatic heterocycles. The summed E-state index contributed by atoms with van der Waals surface area (Å²) in [6.45, 7) is 9.30. The molecule has 0 amide bonds. The van der Waals surface area contributed by atoms with Gasteiger partial charge in [-0.3, -0.25) is 0 Å². The molecule has 5 heteroatoms. The van der Waals surface area contributed by atoms with Crippen LogP contribution >= 0.6 is 0 Å². The maximum atomic E-state index is 13.8. The SMILES string of the molecule is CCNC(=NCc1ccc(C#N)cc1F)NC(C)C(C)C. The van der Waals surface area contributed by atoms with E-state index < -0.39 is 5.82 Å². The Kier molecular flexibility index (Phi) is 6.67. The van der Waals surface area contributed by atoms with Crippen LogP contribution in [0.1, 0.15) is 38.8 Å². The normalized spacial score (nSPS) is 12.9. The summed E-state index contributed by atoms with van der Waals surface area (Å²) in [5, 5.41) is 15.2. The van der Waals surface area contributed by atoms with Crippen LogP contribution < -0.4 is 10.6 Å². The molecule has 114 valence electrons. The van der Waals surface area contributed by atoms with Crippen molar-refractivity contribution in [3.05, 3.63) is 35.1 Å². The summed E-state index contributed by atoms with van der Waals surface area (Å²) in [4.78, 5) is 4.39. The van der Waals surface area contributed by atoms with Crippen molar-refractivity contribution >= 4 is 5.96 Å². The molecule has 0 saturated heterocycles. The van der Waals surface area contributed by atoms with Crippen molar-refractivity contribution in [3.8, 4) is 6.07 Å². The van der Waals surface area contributed by atoms with Crippen LogP contribution in [-0.2, 0) is 6.54 Å². The summed E-state index contributed by atoms with van der Waals surface area (Å²) in [7, 11) is 0. The molecule has 0 aliphatic heterocycles.